The second-order valence-corrected chi connectivity index (χ2v) is 3.36. The highest BCUT2D eigenvalue weighted by Gasteiger charge is 2.00. The Morgan fingerprint density at radius 2 is 1.21 bits per heavy atom. The minimum absolute atomic E-state index is 0.180. The Hall–Kier alpha value is -0.890. The van der Waals surface area contributed by atoms with E-state index in [2.05, 4.69) is 4.74 Å². The quantitative estimate of drug-likeness (QED) is 0.366. The van der Waals surface area contributed by atoms with Gasteiger partial charge in [0.1, 0.15) is 6.61 Å². The lowest BCUT2D eigenvalue weighted by Gasteiger charge is -2.07. The molecule has 0 aromatic heterocycles. The van der Waals surface area contributed by atoms with Gasteiger partial charge < -0.3 is 28.4 Å². The van der Waals surface area contributed by atoms with Crippen LogP contribution in [0.4, 0.5) is 4.79 Å². The number of hydrogen-bond donors (Lipinski definition) is 0. The molecule has 0 aliphatic carbocycles. The lowest BCUT2D eigenvalue weighted by Crippen LogP contribution is -2.15. The lowest BCUT2D eigenvalue weighted by molar-refractivity contribution is -0.00791. The minimum Gasteiger partial charge on any atom is -0.435 e. The molecule has 0 radical (unpaired) electrons. The van der Waals surface area contributed by atoms with Crippen LogP contribution in [0.3, 0.4) is 0 Å². The maximum absolute atomic E-state index is 10.8. The zero-order valence-corrected chi connectivity index (χ0v) is 11.7. The predicted molar refractivity (Wildman–Crippen MR) is 67.3 cm³/mol. The van der Waals surface area contributed by atoms with Crippen LogP contribution in [0, 0.1) is 0 Å². The van der Waals surface area contributed by atoms with E-state index in [1.54, 1.807) is 14.0 Å². The summed E-state index contributed by atoms with van der Waals surface area (Å²) in [6, 6.07) is 0. The van der Waals surface area contributed by atoms with Gasteiger partial charge in [0.25, 0.3) is 0 Å². The summed E-state index contributed by atoms with van der Waals surface area (Å²) in [6.45, 7) is 5.67. The van der Waals surface area contributed by atoms with Crippen LogP contribution in [0.25, 0.3) is 0 Å². The summed E-state index contributed by atoms with van der Waals surface area (Å²) < 4.78 is 29.8. The third-order valence-corrected chi connectivity index (χ3v) is 1.89. The number of carbonyl (C=O) groups is 1. The number of ether oxygens (including phenoxy) is 6. The van der Waals surface area contributed by atoms with Crippen molar-refractivity contribution < 1.29 is 33.2 Å². The Morgan fingerprint density at radius 1 is 0.737 bits per heavy atom. The van der Waals surface area contributed by atoms with Gasteiger partial charge in [0, 0.05) is 7.11 Å². The molecule has 0 bridgehead atoms. The number of rotatable bonds is 13. The fourth-order valence-electron chi connectivity index (χ4n) is 1.03. The summed E-state index contributed by atoms with van der Waals surface area (Å²) in [5.74, 6) is 0. The number of methoxy groups -OCH3 is 1. The Kier molecular flexibility index (Phi) is 14.5. The van der Waals surface area contributed by atoms with E-state index in [0.29, 0.717) is 52.9 Å². The molecule has 0 fully saturated rings. The van der Waals surface area contributed by atoms with Crippen LogP contribution < -0.4 is 0 Å². The highest BCUT2D eigenvalue weighted by Crippen LogP contribution is 1.86. The molecule has 0 saturated heterocycles. The largest absolute Gasteiger partial charge is 0.508 e. The smallest absolute Gasteiger partial charge is 0.435 e. The van der Waals surface area contributed by atoms with Gasteiger partial charge in [-0.2, -0.15) is 0 Å². The number of hydrogen-bond acceptors (Lipinski definition) is 7. The first-order valence-electron chi connectivity index (χ1n) is 6.33. The van der Waals surface area contributed by atoms with Gasteiger partial charge in [-0.25, -0.2) is 4.79 Å². The van der Waals surface area contributed by atoms with Gasteiger partial charge in [-0.3, -0.25) is 0 Å². The molecule has 0 N–H and O–H groups in total. The zero-order valence-electron chi connectivity index (χ0n) is 11.7. The van der Waals surface area contributed by atoms with Crippen molar-refractivity contribution in [2.24, 2.45) is 0 Å². The second kappa shape index (κ2) is 15.2. The predicted octanol–water partition coefficient (Wildman–Crippen LogP) is 0.856. The molecule has 0 heterocycles. The fraction of sp³-hybridized carbons (Fsp3) is 0.917. The van der Waals surface area contributed by atoms with Crippen molar-refractivity contribution in [1.82, 2.24) is 0 Å². The van der Waals surface area contributed by atoms with Gasteiger partial charge in [-0.05, 0) is 6.92 Å². The second-order valence-electron chi connectivity index (χ2n) is 3.36. The summed E-state index contributed by atoms with van der Waals surface area (Å²) in [5.41, 5.74) is 0. The summed E-state index contributed by atoms with van der Waals surface area (Å²) in [4.78, 5) is 10.8. The Balaban J connectivity index is 3.01. The molecule has 19 heavy (non-hydrogen) atoms. The molecule has 0 atom stereocenters. The van der Waals surface area contributed by atoms with Crippen LogP contribution in [-0.2, 0) is 28.4 Å². The molecule has 0 aromatic rings. The summed E-state index contributed by atoms with van der Waals surface area (Å²) in [6.07, 6.45) is -0.671. The Labute approximate surface area is 114 Å². The molecule has 0 spiro atoms. The summed E-state index contributed by atoms with van der Waals surface area (Å²) >= 11 is 0. The summed E-state index contributed by atoms with van der Waals surface area (Å²) in [5, 5.41) is 0. The molecule has 7 nitrogen and oxygen atoms in total. The van der Waals surface area contributed by atoms with Crippen LogP contribution >= 0.6 is 0 Å². The van der Waals surface area contributed by atoms with Gasteiger partial charge in [0.05, 0.1) is 52.9 Å². The molecule has 0 aliphatic rings. The maximum atomic E-state index is 10.8. The topological polar surface area (TPSA) is 72.5 Å². The number of carbonyl (C=O) groups excluding carboxylic acids is 1. The van der Waals surface area contributed by atoms with Crippen molar-refractivity contribution >= 4 is 6.16 Å². The standard InChI is InChI=1S/C12H24O7/c1-3-18-12(13)19-11-10-17-9-8-16-7-6-15-5-4-14-2/h3-11H2,1-2H3. The zero-order chi connectivity index (χ0) is 14.2. The van der Waals surface area contributed by atoms with Crippen molar-refractivity contribution in [2.45, 2.75) is 6.92 Å². The monoisotopic (exact) mass is 280 g/mol. The molecule has 0 saturated carbocycles. The molecule has 0 unspecified atom stereocenters. The van der Waals surface area contributed by atoms with E-state index in [9.17, 15) is 4.79 Å². The SMILES string of the molecule is CCOC(=O)OCCOCCOCCOCCOC. The molecular weight excluding hydrogens is 256 g/mol. The van der Waals surface area contributed by atoms with Gasteiger partial charge in [0.2, 0.25) is 0 Å². The minimum atomic E-state index is -0.671. The fourth-order valence-corrected chi connectivity index (χ4v) is 1.03. The van der Waals surface area contributed by atoms with Crippen molar-refractivity contribution in [3.63, 3.8) is 0 Å². The van der Waals surface area contributed by atoms with E-state index in [0.717, 1.165) is 0 Å². The van der Waals surface area contributed by atoms with E-state index in [-0.39, 0.29) is 6.61 Å². The van der Waals surface area contributed by atoms with E-state index in [1.807, 2.05) is 0 Å². The maximum Gasteiger partial charge on any atom is 0.508 e. The normalized spacial score (nSPS) is 10.4. The first kappa shape index (κ1) is 18.1. The molecule has 0 aliphatic heterocycles. The molecule has 114 valence electrons. The van der Waals surface area contributed by atoms with E-state index < -0.39 is 6.16 Å². The highest BCUT2D eigenvalue weighted by atomic mass is 16.7. The Morgan fingerprint density at radius 3 is 1.68 bits per heavy atom. The molecule has 0 rings (SSSR count). The summed E-state index contributed by atoms with van der Waals surface area (Å²) in [7, 11) is 1.63. The average Bonchev–Trinajstić information content (AvgIpc) is 2.40. The van der Waals surface area contributed by atoms with E-state index in [4.69, 9.17) is 23.7 Å². The van der Waals surface area contributed by atoms with Crippen LogP contribution in [0.5, 0.6) is 0 Å². The van der Waals surface area contributed by atoms with Crippen molar-refractivity contribution in [3.8, 4) is 0 Å². The highest BCUT2D eigenvalue weighted by molar-refractivity contribution is 5.59. The van der Waals surface area contributed by atoms with Crippen LogP contribution in [0.2, 0.25) is 0 Å². The first-order chi connectivity index (χ1) is 9.31. The lowest BCUT2D eigenvalue weighted by atomic mass is 10.7. The third-order valence-electron chi connectivity index (χ3n) is 1.89. The Bertz CT molecular complexity index is 199. The van der Waals surface area contributed by atoms with Gasteiger partial charge >= 0.3 is 6.16 Å². The molecule has 7 heteroatoms. The van der Waals surface area contributed by atoms with Crippen LogP contribution in [0.15, 0.2) is 0 Å². The average molecular weight is 280 g/mol. The van der Waals surface area contributed by atoms with E-state index >= 15 is 0 Å². The van der Waals surface area contributed by atoms with Crippen LogP contribution in [-0.4, -0.2) is 72.7 Å². The molecule has 0 amide bonds. The van der Waals surface area contributed by atoms with Crippen molar-refractivity contribution in [2.75, 3.05) is 66.6 Å². The van der Waals surface area contributed by atoms with Crippen molar-refractivity contribution in [1.29, 1.82) is 0 Å². The van der Waals surface area contributed by atoms with E-state index in [1.165, 1.54) is 0 Å². The van der Waals surface area contributed by atoms with Gasteiger partial charge in [-0.15, -0.1) is 0 Å². The molecular formula is C12H24O7. The third kappa shape index (κ3) is 15.1. The molecule has 0 aromatic carbocycles. The van der Waals surface area contributed by atoms with Crippen molar-refractivity contribution in [3.05, 3.63) is 0 Å². The van der Waals surface area contributed by atoms with Gasteiger partial charge in [-0.1, -0.05) is 0 Å². The van der Waals surface area contributed by atoms with Crippen LogP contribution in [0.1, 0.15) is 6.92 Å². The first-order valence-corrected chi connectivity index (χ1v) is 6.33. The van der Waals surface area contributed by atoms with Gasteiger partial charge in [0.15, 0.2) is 0 Å².